The van der Waals surface area contributed by atoms with Crippen LogP contribution < -0.4 is 0 Å². The summed E-state index contributed by atoms with van der Waals surface area (Å²) in [4.78, 5) is 16.0. The van der Waals surface area contributed by atoms with Crippen molar-refractivity contribution in [1.29, 1.82) is 5.26 Å². The van der Waals surface area contributed by atoms with E-state index in [-0.39, 0.29) is 0 Å². The van der Waals surface area contributed by atoms with Gasteiger partial charge in [-0.1, -0.05) is 65.3 Å². The number of benzene rings is 2. The SMILES string of the molecule is Cc1ccc(-c2cc(-c3ccc(Cl)cc3)c(C#N)c(S[C@H](C)C(=O)O)n2)cc1. The van der Waals surface area contributed by atoms with Crippen molar-refractivity contribution in [3.8, 4) is 28.5 Å². The molecular weight excluding hydrogens is 392 g/mol. The fourth-order valence-electron chi connectivity index (χ4n) is 2.66. The molecule has 1 N–H and O–H groups in total. The third-order valence-electron chi connectivity index (χ3n) is 4.24. The van der Waals surface area contributed by atoms with Gasteiger partial charge in [0.05, 0.1) is 11.3 Å². The van der Waals surface area contributed by atoms with Crippen LogP contribution in [0, 0.1) is 18.3 Å². The van der Waals surface area contributed by atoms with Gasteiger partial charge in [0.15, 0.2) is 0 Å². The molecule has 0 spiro atoms. The van der Waals surface area contributed by atoms with Gasteiger partial charge in [-0.2, -0.15) is 5.26 Å². The molecule has 0 amide bonds. The second kappa shape index (κ2) is 8.47. The number of aryl methyl sites for hydroxylation is 1. The van der Waals surface area contributed by atoms with Gasteiger partial charge in [0, 0.05) is 16.1 Å². The van der Waals surface area contributed by atoms with Crippen LogP contribution in [-0.2, 0) is 4.79 Å². The first-order chi connectivity index (χ1) is 13.4. The molecular formula is C22H17ClN2O2S. The van der Waals surface area contributed by atoms with Crippen LogP contribution in [0.1, 0.15) is 18.1 Å². The molecule has 3 rings (SSSR count). The van der Waals surface area contributed by atoms with Crippen molar-refractivity contribution in [1.82, 2.24) is 4.98 Å². The van der Waals surface area contributed by atoms with E-state index < -0.39 is 11.2 Å². The van der Waals surface area contributed by atoms with E-state index in [1.54, 1.807) is 19.1 Å². The molecule has 0 aliphatic heterocycles. The molecule has 0 aliphatic carbocycles. The Labute approximate surface area is 172 Å². The topological polar surface area (TPSA) is 74.0 Å². The van der Waals surface area contributed by atoms with Crippen molar-refractivity contribution >= 4 is 29.3 Å². The van der Waals surface area contributed by atoms with Crippen LogP contribution in [0.5, 0.6) is 0 Å². The number of rotatable bonds is 5. The Kier molecular flexibility index (Phi) is 6.03. The first-order valence-corrected chi connectivity index (χ1v) is 9.82. The molecule has 0 bridgehead atoms. The van der Waals surface area contributed by atoms with E-state index in [1.807, 2.05) is 49.4 Å². The molecule has 0 aliphatic rings. The number of aromatic nitrogens is 1. The Hall–Kier alpha value is -2.81. The van der Waals surface area contributed by atoms with E-state index in [4.69, 9.17) is 11.6 Å². The Morgan fingerprint density at radius 1 is 1.14 bits per heavy atom. The average molecular weight is 409 g/mol. The van der Waals surface area contributed by atoms with Crippen molar-refractivity contribution in [2.45, 2.75) is 24.1 Å². The van der Waals surface area contributed by atoms with Gasteiger partial charge >= 0.3 is 5.97 Å². The molecule has 2 aromatic carbocycles. The van der Waals surface area contributed by atoms with Crippen LogP contribution in [0.25, 0.3) is 22.4 Å². The number of hydrogen-bond donors (Lipinski definition) is 1. The van der Waals surface area contributed by atoms with Gasteiger partial charge in [-0.3, -0.25) is 4.79 Å². The van der Waals surface area contributed by atoms with Crippen LogP contribution >= 0.6 is 23.4 Å². The summed E-state index contributed by atoms with van der Waals surface area (Å²) in [5.41, 5.74) is 4.59. The maximum atomic E-state index is 11.3. The zero-order valence-electron chi connectivity index (χ0n) is 15.3. The van der Waals surface area contributed by atoms with Gasteiger partial charge in [-0.05, 0) is 37.6 Å². The molecule has 1 atom stereocenters. The van der Waals surface area contributed by atoms with Gasteiger partial charge in [0.2, 0.25) is 0 Å². The smallest absolute Gasteiger partial charge is 0.316 e. The fourth-order valence-corrected chi connectivity index (χ4v) is 3.65. The lowest BCUT2D eigenvalue weighted by molar-refractivity contribution is -0.136. The Balaban J connectivity index is 2.22. The maximum absolute atomic E-state index is 11.3. The van der Waals surface area contributed by atoms with Gasteiger partial charge in [-0.25, -0.2) is 4.98 Å². The van der Waals surface area contributed by atoms with E-state index in [0.29, 0.717) is 26.9 Å². The fraction of sp³-hybridized carbons (Fsp3) is 0.136. The molecule has 1 heterocycles. The number of nitrogens with zero attached hydrogens (tertiary/aromatic N) is 2. The minimum Gasteiger partial charge on any atom is -0.480 e. The lowest BCUT2D eigenvalue weighted by atomic mass is 9.99. The number of nitriles is 1. The highest BCUT2D eigenvalue weighted by molar-refractivity contribution is 8.00. The third kappa shape index (κ3) is 4.36. The molecule has 28 heavy (non-hydrogen) atoms. The molecule has 0 saturated carbocycles. The lowest BCUT2D eigenvalue weighted by Gasteiger charge is -2.14. The molecule has 1 aromatic heterocycles. The summed E-state index contributed by atoms with van der Waals surface area (Å²) in [6.45, 7) is 3.58. The summed E-state index contributed by atoms with van der Waals surface area (Å²) in [5, 5.41) is 19.4. The molecule has 6 heteroatoms. The molecule has 0 saturated heterocycles. The van der Waals surface area contributed by atoms with E-state index in [1.165, 1.54) is 0 Å². The van der Waals surface area contributed by atoms with Gasteiger partial charge in [0.25, 0.3) is 0 Å². The van der Waals surface area contributed by atoms with Crippen LogP contribution in [0.4, 0.5) is 0 Å². The Morgan fingerprint density at radius 3 is 2.32 bits per heavy atom. The number of pyridine rings is 1. The number of carbonyl (C=O) groups is 1. The summed E-state index contributed by atoms with van der Waals surface area (Å²) in [6.07, 6.45) is 0. The zero-order chi connectivity index (χ0) is 20.3. The van der Waals surface area contributed by atoms with E-state index >= 15 is 0 Å². The van der Waals surface area contributed by atoms with Gasteiger partial charge in [-0.15, -0.1) is 0 Å². The molecule has 3 aromatic rings. The third-order valence-corrected chi connectivity index (χ3v) is 5.56. The first-order valence-electron chi connectivity index (χ1n) is 8.56. The predicted octanol–water partition coefficient (Wildman–Crippen LogP) is 5.81. The van der Waals surface area contributed by atoms with Gasteiger partial charge < -0.3 is 5.11 Å². The van der Waals surface area contributed by atoms with Crippen molar-refractivity contribution in [2.75, 3.05) is 0 Å². The highest BCUT2D eigenvalue weighted by Gasteiger charge is 2.20. The number of carboxylic acids is 1. The molecule has 0 fully saturated rings. The highest BCUT2D eigenvalue weighted by Crippen LogP contribution is 2.36. The van der Waals surface area contributed by atoms with Crippen LogP contribution in [0.15, 0.2) is 59.6 Å². The second-order valence-corrected chi connectivity index (χ2v) is 8.08. The van der Waals surface area contributed by atoms with Crippen LogP contribution in [-0.4, -0.2) is 21.3 Å². The number of carboxylic acid groups (broad SMARTS) is 1. The van der Waals surface area contributed by atoms with Crippen molar-refractivity contribution in [2.24, 2.45) is 0 Å². The summed E-state index contributed by atoms with van der Waals surface area (Å²) in [7, 11) is 0. The van der Waals surface area contributed by atoms with Crippen LogP contribution in [0.3, 0.4) is 0 Å². The van der Waals surface area contributed by atoms with E-state index in [0.717, 1.165) is 28.5 Å². The van der Waals surface area contributed by atoms with Crippen molar-refractivity contribution < 1.29 is 9.90 Å². The minimum absolute atomic E-state index is 0.358. The molecule has 0 unspecified atom stereocenters. The second-order valence-electron chi connectivity index (χ2n) is 6.32. The summed E-state index contributed by atoms with van der Waals surface area (Å²) in [6, 6.07) is 19.2. The minimum atomic E-state index is -0.954. The molecule has 140 valence electrons. The van der Waals surface area contributed by atoms with E-state index in [2.05, 4.69) is 11.1 Å². The monoisotopic (exact) mass is 408 g/mol. The summed E-state index contributed by atoms with van der Waals surface area (Å²) < 4.78 is 0. The molecule has 0 radical (unpaired) electrons. The predicted molar refractivity (Wildman–Crippen MR) is 113 cm³/mol. The Bertz CT molecular complexity index is 1060. The average Bonchev–Trinajstić information content (AvgIpc) is 2.68. The van der Waals surface area contributed by atoms with Gasteiger partial charge in [0.1, 0.15) is 16.3 Å². The number of aliphatic carboxylic acids is 1. The zero-order valence-corrected chi connectivity index (χ0v) is 16.9. The Morgan fingerprint density at radius 2 is 1.75 bits per heavy atom. The van der Waals surface area contributed by atoms with Crippen molar-refractivity contribution in [3.63, 3.8) is 0 Å². The lowest BCUT2D eigenvalue weighted by Crippen LogP contribution is -2.12. The normalized spacial score (nSPS) is 11.6. The first kappa shape index (κ1) is 19.9. The largest absolute Gasteiger partial charge is 0.480 e. The summed E-state index contributed by atoms with van der Waals surface area (Å²) >= 11 is 7.07. The number of hydrogen-bond acceptors (Lipinski definition) is 4. The maximum Gasteiger partial charge on any atom is 0.316 e. The molecule has 4 nitrogen and oxygen atoms in total. The van der Waals surface area contributed by atoms with E-state index in [9.17, 15) is 15.2 Å². The standard InChI is InChI=1S/C22H17ClN2O2S/c1-13-3-5-16(6-4-13)20-11-18(15-7-9-17(23)10-8-15)19(12-24)21(25-20)28-14(2)22(26)27/h3-11,14H,1-2H3,(H,26,27)/t14-/m1/s1. The van der Waals surface area contributed by atoms with Crippen molar-refractivity contribution in [3.05, 3.63) is 70.7 Å². The quantitative estimate of drug-likeness (QED) is 0.539. The number of thioether (sulfide) groups is 1. The summed E-state index contributed by atoms with van der Waals surface area (Å²) in [5.74, 6) is -0.954. The number of halogens is 1. The highest BCUT2D eigenvalue weighted by atomic mass is 35.5. The van der Waals surface area contributed by atoms with Crippen LogP contribution in [0.2, 0.25) is 5.02 Å².